The minimum absolute atomic E-state index is 0.239. The van der Waals surface area contributed by atoms with E-state index < -0.39 is 20.8 Å². The zero-order chi connectivity index (χ0) is 38.5. The molecule has 1 aliphatic rings. The molecule has 4 nitrogen and oxygen atoms in total. The third kappa shape index (κ3) is 8.98. The molecule has 0 fully saturated rings. The number of phenolic OH excluding ortho intramolecular Hbond substituents is 1. The molecule has 54 heavy (non-hydrogen) atoms. The Labute approximate surface area is 338 Å². The van der Waals surface area contributed by atoms with E-state index in [-0.39, 0.29) is 19.0 Å². The maximum atomic E-state index is 11.7. The van der Waals surface area contributed by atoms with Crippen LogP contribution in [0, 0.1) is 54.6 Å². The molecule has 0 saturated carbocycles. The maximum absolute atomic E-state index is 11.7. The molecule has 0 radical (unpaired) electrons. The van der Waals surface area contributed by atoms with Crippen molar-refractivity contribution in [2.45, 2.75) is 55.1 Å². The van der Waals surface area contributed by atoms with Gasteiger partial charge in [-0.1, -0.05) is 89.5 Å². The minimum atomic E-state index is -0.826. The normalized spacial score (nSPS) is 12.2. The van der Waals surface area contributed by atoms with Crippen molar-refractivity contribution in [2.75, 3.05) is 13.2 Å². The fraction of sp³-hybridized carbons (Fsp3) is 0.213. The number of hydrogen-bond acceptors (Lipinski definition) is 4. The number of aryl methyl sites for hydroxylation is 7. The zero-order valence-corrected chi connectivity index (χ0v) is 35.8. The predicted octanol–water partition coefficient (Wildman–Crippen LogP) is 13.1. The molecule has 7 rings (SSSR count). The number of phenols is 1. The Balaban J connectivity index is 0.00000160. The van der Waals surface area contributed by atoms with Gasteiger partial charge in [-0.15, -0.1) is 0 Å². The molecule has 6 aromatic carbocycles. The summed E-state index contributed by atoms with van der Waals surface area (Å²) in [5, 5.41) is 11.7. The molecule has 0 amide bonds. The van der Waals surface area contributed by atoms with Gasteiger partial charge >= 0.3 is 37.9 Å². The average Bonchev–Trinajstić information content (AvgIpc) is 3.14. The van der Waals surface area contributed by atoms with Crippen molar-refractivity contribution in [1.82, 2.24) is 0 Å². The number of benzene rings is 6. The van der Waals surface area contributed by atoms with E-state index in [2.05, 4.69) is 139 Å². The van der Waals surface area contributed by atoms with Gasteiger partial charge in [-0.25, -0.2) is 0 Å². The van der Waals surface area contributed by atoms with Crippen LogP contribution in [-0.4, -0.2) is 18.3 Å². The molecule has 1 heterocycles. The Hall–Kier alpha value is -3.86. The average molecular weight is 836 g/mol. The number of hydrogen-bond donors (Lipinski definition) is 1. The molecule has 0 aliphatic carbocycles. The third-order valence-electron chi connectivity index (χ3n) is 9.74. The Morgan fingerprint density at radius 3 is 1.70 bits per heavy atom. The van der Waals surface area contributed by atoms with E-state index >= 15 is 0 Å². The van der Waals surface area contributed by atoms with Crippen molar-refractivity contribution in [2.24, 2.45) is 0 Å². The van der Waals surface area contributed by atoms with E-state index in [4.69, 9.17) is 31.2 Å². The molecular weight excluding hydrogens is 791 g/mol. The summed E-state index contributed by atoms with van der Waals surface area (Å²) in [6.45, 7) is 15.6. The Bertz CT molecular complexity index is 2280. The van der Waals surface area contributed by atoms with Crippen LogP contribution in [0.15, 0.2) is 103 Å². The van der Waals surface area contributed by atoms with Gasteiger partial charge in [0.25, 0.3) is 0 Å². The van der Waals surface area contributed by atoms with E-state index in [1.165, 1.54) is 11.1 Å². The molecule has 276 valence electrons. The summed E-state index contributed by atoms with van der Waals surface area (Å²) >= 11 is -0.826. The van der Waals surface area contributed by atoms with E-state index in [0.29, 0.717) is 12.7 Å². The fourth-order valence-electron chi connectivity index (χ4n) is 7.09. The standard InChI is InChI=1S/C47H45O4.2ClH.Zr/c1-28-12-15-33(6)38(18-28)42-22-31(4)21-41(46(42)48)37-11-9-8-10-35(37)25-49-26-36-27-50-45-17-14-30(3)20-40(45)44-24-32(5)23-43(47(44)51-36)39-19-29(2)13-16-34(39)7;;;/h8-24,48H,25-27H2,1-7H3;2*1H;/q-1;;;+2/p-2. The molecule has 7 heteroatoms. The van der Waals surface area contributed by atoms with Crippen molar-refractivity contribution in [3.63, 3.8) is 0 Å². The van der Waals surface area contributed by atoms with Crippen LogP contribution >= 0.6 is 17.0 Å². The molecule has 0 bridgehead atoms. The second-order valence-electron chi connectivity index (χ2n) is 14.2. The molecule has 1 N–H and O–H groups in total. The van der Waals surface area contributed by atoms with Crippen LogP contribution in [0.25, 0.3) is 44.5 Å². The van der Waals surface area contributed by atoms with Crippen molar-refractivity contribution < 1.29 is 40.2 Å². The summed E-state index contributed by atoms with van der Waals surface area (Å²) in [7, 11) is 9.87. The van der Waals surface area contributed by atoms with Crippen LogP contribution in [0.2, 0.25) is 0 Å². The molecule has 0 unspecified atom stereocenters. The number of fused-ring (bicyclic) bond motifs is 3. The number of ether oxygens (including phenoxy) is 3. The van der Waals surface area contributed by atoms with E-state index in [0.717, 1.165) is 89.4 Å². The van der Waals surface area contributed by atoms with Crippen LogP contribution < -0.4 is 9.47 Å². The van der Waals surface area contributed by atoms with Gasteiger partial charge in [0, 0.05) is 34.4 Å². The van der Waals surface area contributed by atoms with Gasteiger partial charge in [0.05, 0.1) is 6.61 Å². The van der Waals surface area contributed by atoms with Gasteiger partial charge in [-0.05, 0) is 136 Å². The van der Waals surface area contributed by atoms with Gasteiger partial charge in [0.2, 0.25) is 0 Å². The third-order valence-corrected chi connectivity index (χ3v) is 9.74. The number of rotatable bonds is 7. The Morgan fingerprint density at radius 2 is 1.07 bits per heavy atom. The van der Waals surface area contributed by atoms with Crippen molar-refractivity contribution in [3.05, 3.63) is 154 Å². The molecular formula is C47H45Cl2O4Zr-. The monoisotopic (exact) mass is 833 g/mol. The van der Waals surface area contributed by atoms with Gasteiger partial charge in [-0.2, -0.15) is 0 Å². The van der Waals surface area contributed by atoms with Crippen LogP contribution in [0.1, 0.15) is 44.5 Å². The topological polar surface area (TPSA) is 47.9 Å². The molecule has 1 aliphatic heterocycles. The first kappa shape index (κ1) is 39.8. The van der Waals surface area contributed by atoms with Crippen molar-refractivity contribution in [1.29, 1.82) is 0 Å². The van der Waals surface area contributed by atoms with Gasteiger partial charge in [-0.3, -0.25) is 0 Å². The SMILES string of the molecule is Cc1ccc(C)c(-c2cc(C)cc(-c3ccccc3COC[C-]3COc4ccc(C)cc4-c4cc(C)cc(-c5cc(C)ccc5C)c4O3)c2O)c1.[Cl][Zr][Cl]. The van der Waals surface area contributed by atoms with Crippen LogP contribution in [0.3, 0.4) is 0 Å². The predicted molar refractivity (Wildman–Crippen MR) is 220 cm³/mol. The second-order valence-corrected chi connectivity index (χ2v) is 17.9. The summed E-state index contributed by atoms with van der Waals surface area (Å²) in [6.07, 6.45) is 0.686. The van der Waals surface area contributed by atoms with Crippen molar-refractivity contribution in [3.8, 4) is 61.8 Å². The van der Waals surface area contributed by atoms with Crippen LogP contribution in [-0.2, 0) is 32.2 Å². The fourth-order valence-corrected chi connectivity index (χ4v) is 7.09. The van der Waals surface area contributed by atoms with E-state index in [9.17, 15) is 5.11 Å². The van der Waals surface area contributed by atoms with Gasteiger partial charge in [0.1, 0.15) is 17.2 Å². The zero-order valence-electron chi connectivity index (χ0n) is 31.9. The van der Waals surface area contributed by atoms with Gasteiger partial charge < -0.3 is 19.3 Å². The quantitative estimate of drug-likeness (QED) is 0.163. The summed E-state index contributed by atoms with van der Waals surface area (Å²) in [4.78, 5) is 0. The summed E-state index contributed by atoms with van der Waals surface area (Å²) < 4.78 is 19.7. The van der Waals surface area contributed by atoms with Gasteiger partial charge in [0.15, 0.2) is 0 Å². The van der Waals surface area contributed by atoms with Crippen molar-refractivity contribution >= 4 is 17.0 Å². The molecule has 0 aromatic heterocycles. The van der Waals surface area contributed by atoms with Crippen LogP contribution in [0.4, 0.5) is 0 Å². The first-order chi connectivity index (χ1) is 26.0. The molecule has 0 spiro atoms. The second kappa shape index (κ2) is 17.7. The molecule has 0 saturated heterocycles. The van der Waals surface area contributed by atoms with E-state index in [1.807, 2.05) is 12.1 Å². The summed E-state index contributed by atoms with van der Waals surface area (Å²) in [5.41, 5.74) is 16.9. The van der Waals surface area contributed by atoms with E-state index in [1.54, 1.807) is 0 Å². The summed E-state index contributed by atoms with van der Waals surface area (Å²) in [5.74, 6) is 1.90. The Kier molecular flexibility index (Phi) is 13.1. The van der Waals surface area contributed by atoms with Crippen LogP contribution in [0.5, 0.6) is 17.2 Å². The number of halogens is 2. The number of aromatic hydroxyl groups is 1. The Morgan fingerprint density at radius 1 is 0.593 bits per heavy atom. The first-order valence-electron chi connectivity index (χ1n) is 18.0. The summed E-state index contributed by atoms with van der Waals surface area (Å²) in [6, 6.07) is 35.9. The first-order valence-corrected chi connectivity index (χ1v) is 24.3. The molecule has 0 atom stereocenters. The molecule has 6 aromatic rings.